The lowest BCUT2D eigenvalue weighted by atomic mass is 10.0. The average Bonchev–Trinajstić information content (AvgIpc) is 2.59. The zero-order chi connectivity index (χ0) is 17.5. The molecule has 0 spiro atoms. The first-order valence-corrected chi connectivity index (χ1v) is 8.10. The molecule has 3 N–H and O–H groups in total. The molecule has 0 saturated carbocycles. The van der Waals surface area contributed by atoms with Crippen LogP contribution in [0, 0.1) is 5.82 Å². The van der Waals surface area contributed by atoms with Crippen LogP contribution in [-0.2, 0) is 6.54 Å². The topological polar surface area (TPSA) is 53.5 Å². The fourth-order valence-corrected chi connectivity index (χ4v) is 2.58. The molecule has 128 valence electrons. The standard InChI is InChI=1S/C18H21FN2O2S/c1-3-15(13-5-4-6-14(19)10-13)21-18(24)20-11-12-7-8-16(22)17(9-12)23-2/h4-10,15,22H,3,11H2,1-2H3,(H2,20,21,24). The van der Waals surface area contributed by atoms with Crippen molar-refractivity contribution < 1.29 is 14.2 Å². The molecule has 0 saturated heterocycles. The van der Waals surface area contributed by atoms with Crippen LogP contribution < -0.4 is 15.4 Å². The van der Waals surface area contributed by atoms with E-state index in [4.69, 9.17) is 17.0 Å². The second kappa shape index (κ2) is 8.49. The predicted octanol–water partition coefficient (Wildman–Crippen LogP) is 3.66. The molecule has 0 aliphatic carbocycles. The minimum atomic E-state index is -0.261. The first kappa shape index (κ1) is 18.0. The summed E-state index contributed by atoms with van der Waals surface area (Å²) in [6.07, 6.45) is 0.776. The maximum atomic E-state index is 13.4. The summed E-state index contributed by atoms with van der Waals surface area (Å²) in [6.45, 7) is 2.50. The van der Waals surface area contributed by atoms with Gasteiger partial charge >= 0.3 is 0 Å². The number of phenols is 1. The van der Waals surface area contributed by atoms with Crippen molar-refractivity contribution in [2.24, 2.45) is 0 Å². The third kappa shape index (κ3) is 4.83. The zero-order valence-corrected chi connectivity index (χ0v) is 14.5. The lowest BCUT2D eigenvalue weighted by molar-refractivity contribution is 0.373. The van der Waals surface area contributed by atoms with E-state index in [-0.39, 0.29) is 17.6 Å². The van der Waals surface area contributed by atoms with Gasteiger partial charge in [0.05, 0.1) is 13.2 Å². The number of aromatic hydroxyl groups is 1. The number of thiocarbonyl (C=S) groups is 1. The Morgan fingerprint density at radius 2 is 2.08 bits per heavy atom. The molecule has 0 radical (unpaired) electrons. The van der Waals surface area contributed by atoms with E-state index < -0.39 is 0 Å². The monoisotopic (exact) mass is 348 g/mol. The number of nitrogens with one attached hydrogen (secondary N) is 2. The highest BCUT2D eigenvalue weighted by molar-refractivity contribution is 7.80. The van der Waals surface area contributed by atoms with Crippen LogP contribution >= 0.6 is 12.2 Å². The second-order valence-corrected chi connectivity index (χ2v) is 5.76. The molecule has 24 heavy (non-hydrogen) atoms. The van der Waals surface area contributed by atoms with Crippen molar-refractivity contribution in [3.8, 4) is 11.5 Å². The number of methoxy groups -OCH3 is 1. The van der Waals surface area contributed by atoms with Gasteiger partial charge in [-0.1, -0.05) is 25.1 Å². The molecule has 2 aromatic carbocycles. The Bertz CT molecular complexity index is 709. The lowest BCUT2D eigenvalue weighted by Crippen LogP contribution is -2.37. The molecule has 0 fully saturated rings. The lowest BCUT2D eigenvalue weighted by Gasteiger charge is -2.20. The molecule has 0 aliphatic rings. The van der Waals surface area contributed by atoms with E-state index >= 15 is 0 Å². The van der Waals surface area contributed by atoms with Crippen LogP contribution in [0.15, 0.2) is 42.5 Å². The molecule has 2 rings (SSSR count). The van der Waals surface area contributed by atoms with Crippen molar-refractivity contribution in [2.75, 3.05) is 7.11 Å². The summed E-state index contributed by atoms with van der Waals surface area (Å²) in [4.78, 5) is 0. The molecule has 0 heterocycles. The van der Waals surface area contributed by atoms with E-state index in [9.17, 15) is 9.50 Å². The van der Waals surface area contributed by atoms with Gasteiger partial charge in [0.1, 0.15) is 5.82 Å². The molecular weight excluding hydrogens is 327 g/mol. The SMILES string of the molecule is CCC(NC(=S)NCc1ccc(O)c(OC)c1)c1cccc(F)c1. The highest BCUT2D eigenvalue weighted by Crippen LogP contribution is 2.26. The van der Waals surface area contributed by atoms with E-state index in [1.165, 1.54) is 19.2 Å². The van der Waals surface area contributed by atoms with E-state index in [1.807, 2.05) is 13.0 Å². The summed E-state index contributed by atoms with van der Waals surface area (Å²) >= 11 is 5.32. The van der Waals surface area contributed by atoms with Crippen molar-refractivity contribution in [3.05, 3.63) is 59.4 Å². The summed E-state index contributed by atoms with van der Waals surface area (Å²) < 4.78 is 18.4. The fourth-order valence-electron chi connectivity index (χ4n) is 2.37. The van der Waals surface area contributed by atoms with Crippen molar-refractivity contribution in [1.82, 2.24) is 10.6 Å². The quantitative estimate of drug-likeness (QED) is 0.696. The number of phenolic OH excluding ortho intramolecular Hbond substituents is 1. The smallest absolute Gasteiger partial charge is 0.167 e. The van der Waals surface area contributed by atoms with Gasteiger partial charge in [0.15, 0.2) is 16.6 Å². The Hall–Kier alpha value is -2.34. The number of ether oxygens (including phenoxy) is 1. The van der Waals surface area contributed by atoms with Gasteiger partial charge in [-0.2, -0.15) is 0 Å². The number of benzene rings is 2. The Morgan fingerprint density at radius 1 is 1.29 bits per heavy atom. The molecule has 6 heteroatoms. The van der Waals surface area contributed by atoms with Crippen LogP contribution in [0.25, 0.3) is 0 Å². The number of halogens is 1. The largest absolute Gasteiger partial charge is 0.504 e. The Labute approximate surface area is 146 Å². The Kier molecular flexibility index (Phi) is 6.37. The molecule has 0 aliphatic heterocycles. The molecule has 0 amide bonds. The van der Waals surface area contributed by atoms with Gasteiger partial charge in [-0.05, 0) is 54.0 Å². The molecule has 1 atom stereocenters. The van der Waals surface area contributed by atoms with E-state index in [1.54, 1.807) is 24.3 Å². The van der Waals surface area contributed by atoms with Crippen molar-refractivity contribution in [1.29, 1.82) is 0 Å². The summed E-state index contributed by atoms with van der Waals surface area (Å²) in [5.74, 6) is 0.251. The molecule has 2 aromatic rings. The van der Waals surface area contributed by atoms with E-state index in [0.717, 1.165) is 17.5 Å². The third-order valence-electron chi connectivity index (χ3n) is 3.66. The van der Waals surface area contributed by atoms with Crippen LogP contribution in [0.3, 0.4) is 0 Å². The van der Waals surface area contributed by atoms with Gasteiger partial charge in [0.2, 0.25) is 0 Å². The maximum Gasteiger partial charge on any atom is 0.167 e. The minimum absolute atomic E-state index is 0.0601. The zero-order valence-electron chi connectivity index (χ0n) is 13.7. The van der Waals surface area contributed by atoms with E-state index in [2.05, 4.69) is 10.6 Å². The molecular formula is C18H21FN2O2S. The number of hydrogen-bond donors (Lipinski definition) is 3. The molecule has 0 bridgehead atoms. The van der Waals surface area contributed by atoms with Gasteiger partial charge in [-0.25, -0.2) is 4.39 Å². The maximum absolute atomic E-state index is 13.4. The molecule has 1 unspecified atom stereocenters. The summed E-state index contributed by atoms with van der Waals surface area (Å²) in [7, 11) is 1.50. The number of hydrogen-bond acceptors (Lipinski definition) is 3. The third-order valence-corrected chi connectivity index (χ3v) is 3.92. The minimum Gasteiger partial charge on any atom is -0.504 e. The first-order chi connectivity index (χ1) is 11.5. The summed E-state index contributed by atoms with van der Waals surface area (Å²) in [5, 5.41) is 16.4. The fraction of sp³-hybridized carbons (Fsp3) is 0.278. The Morgan fingerprint density at radius 3 is 2.75 bits per heavy atom. The van der Waals surface area contributed by atoms with Crippen LogP contribution in [0.5, 0.6) is 11.5 Å². The van der Waals surface area contributed by atoms with Crippen LogP contribution in [-0.4, -0.2) is 17.3 Å². The molecule has 4 nitrogen and oxygen atoms in total. The molecule has 0 aromatic heterocycles. The summed E-state index contributed by atoms with van der Waals surface area (Å²) in [6, 6.07) is 11.5. The van der Waals surface area contributed by atoms with Gasteiger partial charge < -0.3 is 20.5 Å². The normalized spacial score (nSPS) is 11.6. The van der Waals surface area contributed by atoms with Gasteiger partial charge in [0.25, 0.3) is 0 Å². The van der Waals surface area contributed by atoms with Crippen molar-refractivity contribution >= 4 is 17.3 Å². The first-order valence-electron chi connectivity index (χ1n) is 7.69. The predicted molar refractivity (Wildman–Crippen MR) is 96.7 cm³/mol. The van der Waals surface area contributed by atoms with Crippen molar-refractivity contribution in [2.45, 2.75) is 25.9 Å². The van der Waals surface area contributed by atoms with Crippen molar-refractivity contribution in [3.63, 3.8) is 0 Å². The number of rotatable bonds is 6. The van der Waals surface area contributed by atoms with Gasteiger partial charge in [-0.3, -0.25) is 0 Å². The van der Waals surface area contributed by atoms with Crippen LogP contribution in [0.4, 0.5) is 4.39 Å². The Balaban J connectivity index is 1.94. The highest BCUT2D eigenvalue weighted by Gasteiger charge is 2.11. The van der Waals surface area contributed by atoms with E-state index in [0.29, 0.717) is 17.4 Å². The van der Waals surface area contributed by atoms with Gasteiger partial charge in [0, 0.05) is 6.54 Å². The second-order valence-electron chi connectivity index (χ2n) is 5.35. The van der Waals surface area contributed by atoms with Gasteiger partial charge in [-0.15, -0.1) is 0 Å². The average molecular weight is 348 g/mol. The summed E-state index contributed by atoms with van der Waals surface area (Å²) in [5.41, 5.74) is 1.78. The highest BCUT2D eigenvalue weighted by atomic mass is 32.1. The van der Waals surface area contributed by atoms with Crippen LogP contribution in [0.2, 0.25) is 0 Å². The van der Waals surface area contributed by atoms with Crippen LogP contribution in [0.1, 0.15) is 30.5 Å².